The lowest BCUT2D eigenvalue weighted by Crippen LogP contribution is -2.15. The van der Waals surface area contributed by atoms with Crippen molar-refractivity contribution in [3.63, 3.8) is 0 Å². The molecule has 1 aliphatic heterocycles. The Morgan fingerprint density at radius 3 is 2.55 bits per heavy atom. The van der Waals surface area contributed by atoms with E-state index in [9.17, 15) is 22.9 Å². The van der Waals surface area contributed by atoms with Crippen molar-refractivity contribution in [2.45, 2.75) is 11.4 Å². The number of para-hydroxylation sites is 3. The van der Waals surface area contributed by atoms with E-state index in [1.165, 1.54) is 0 Å². The molecule has 0 radical (unpaired) electrons. The van der Waals surface area contributed by atoms with Gasteiger partial charge in [0.15, 0.2) is 0 Å². The van der Waals surface area contributed by atoms with Gasteiger partial charge in [-0.1, -0.05) is 24.3 Å². The molecule has 10 heteroatoms. The lowest BCUT2D eigenvalue weighted by Gasteiger charge is -2.16. The predicted molar refractivity (Wildman–Crippen MR) is 107 cm³/mol. The quantitative estimate of drug-likeness (QED) is 0.435. The second-order valence-corrected chi connectivity index (χ2v) is 8.02. The number of hydrogen-bond acceptors (Lipinski definition) is 6. The monoisotopic (exact) mass is 414 g/mol. The largest absolute Gasteiger partial charge is 0.379 e. The van der Waals surface area contributed by atoms with Crippen LogP contribution in [0.3, 0.4) is 0 Å². The molecule has 29 heavy (non-hydrogen) atoms. The summed E-state index contributed by atoms with van der Waals surface area (Å²) in [7, 11) is -4.19. The smallest absolute Gasteiger partial charge is 0.306 e. The van der Waals surface area contributed by atoms with Crippen LogP contribution in [0.1, 0.15) is 5.56 Å². The molecule has 4 rings (SSSR count). The van der Waals surface area contributed by atoms with E-state index in [4.69, 9.17) is 0 Å². The fourth-order valence-corrected chi connectivity index (χ4v) is 4.15. The van der Waals surface area contributed by atoms with E-state index < -0.39 is 31.3 Å². The van der Waals surface area contributed by atoms with Crippen LogP contribution in [0, 0.1) is 15.9 Å². The van der Waals surface area contributed by atoms with Crippen molar-refractivity contribution >= 4 is 38.5 Å². The Morgan fingerprint density at radius 1 is 1.03 bits per heavy atom. The van der Waals surface area contributed by atoms with Gasteiger partial charge in [0, 0.05) is 12.6 Å². The van der Waals surface area contributed by atoms with E-state index in [-0.39, 0.29) is 5.69 Å². The van der Waals surface area contributed by atoms with Gasteiger partial charge in [0.1, 0.15) is 0 Å². The standard InChI is InChI=1S/C19H15FN4O4S/c20-14-9-8-13(10-18(14)24(25)26)29(27,28)23-17-7-3-4-12-11-21-15-5-1-2-6-16(15)22-19(12)17/h1-10,21-23H,11H2. The minimum absolute atomic E-state index is 0.271. The van der Waals surface area contributed by atoms with Gasteiger partial charge in [0.2, 0.25) is 5.82 Å². The average molecular weight is 414 g/mol. The van der Waals surface area contributed by atoms with E-state index in [0.717, 1.165) is 29.1 Å². The zero-order valence-electron chi connectivity index (χ0n) is 14.8. The molecule has 3 aromatic carbocycles. The first kappa shape index (κ1) is 18.7. The number of nitro benzene ring substituents is 1. The Balaban J connectivity index is 1.73. The zero-order valence-corrected chi connectivity index (χ0v) is 15.7. The van der Waals surface area contributed by atoms with Crippen LogP contribution in [0.5, 0.6) is 0 Å². The fourth-order valence-electron chi connectivity index (χ4n) is 3.05. The number of nitrogens with one attached hydrogen (secondary N) is 3. The van der Waals surface area contributed by atoms with E-state index >= 15 is 0 Å². The van der Waals surface area contributed by atoms with Gasteiger partial charge in [-0.25, -0.2) is 8.42 Å². The van der Waals surface area contributed by atoms with Crippen molar-refractivity contribution in [2.24, 2.45) is 0 Å². The Morgan fingerprint density at radius 2 is 1.79 bits per heavy atom. The van der Waals surface area contributed by atoms with Crippen molar-refractivity contribution in [1.82, 2.24) is 0 Å². The first-order valence-corrected chi connectivity index (χ1v) is 10.0. The molecule has 8 nitrogen and oxygen atoms in total. The molecule has 1 heterocycles. The predicted octanol–water partition coefficient (Wildman–Crippen LogP) is 4.20. The van der Waals surface area contributed by atoms with E-state index in [1.54, 1.807) is 12.1 Å². The molecule has 0 saturated carbocycles. The van der Waals surface area contributed by atoms with Crippen molar-refractivity contribution in [3.8, 4) is 0 Å². The molecule has 148 valence electrons. The highest BCUT2D eigenvalue weighted by molar-refractivity contribution is 7.92. The summed E-state index contributed by atoms with van der Waals surface area (Å²) < 4.78 is 41.6. The molecule has 0 amide bonds. The number of fused-ring (bicyclic) bond motifs is 2. The minimum atomic E-state index is -4.19. The van der Waals surface area contributed by atoms with Crippen LogP contribution in [0.4, 0.5) is 32.8 Å². The molecular weight excluding hydrogens is 399 g/mol. The van der Waals surface area contributed by atoms with Crippen molar-refractivity contribution < 1.29 is 17.7 Å². The highest BCUT2D eigenvalue weighted by atomic mass is 32.2. The maximum Gasteiger partial charge on any atom is 0.306 e. The number of sulfonamides is 1. The summed E-state index contributed by atoms with van der Waals surface area (Å²) in [4.78, 5) is 9.57. The van der Waals surface area contributed by atoms with E-state index in [0.29, 0.717) is 18.3 Å². The highest BCUT2D eigenvalue weighted by Gasteiger charge is 2.23. The van der Waals surface area contributed by atoms with Crippen LogP contribution >= 0.6 is 0 Å². The summed E-state index contributed by atoms with van der Waals surface area (Å²) in [5.41, 5.74) is 2.39. The van der Waals surface area contributed by atoms with Gasteiger partial charge in [-0.3, -0.25) is 14.8 Å². The van der Waals surface area contributed by atoms with Gasteiger partial charge in [0.05, 0.1) is 32.6 Å². The lowest BCUT2D eigenvalue weighted by atomic mass is 10.1. The average Bonchev–Trinajstić information content (AvgIpc) is 2.88. The topological polar surface area (TPSA) is 113 Å². The number of nitro groups is 1. The first-order valence-electron chi connectivity index (χ1n) is 8.54. The number of halogens is 1. The summed E-state index contributed by atoms with van der Waals surface area (Å²) in [6.07, 6.45) is 0. The molecular formula is C19H15FN4O4S. The number of benzene rings is 3. The van der Waals surface area contributed by atoms with Gasteiger partial charge < -0.3 is 10.6 Å². The Labute approximate surface area is 165 Å². The first-order chi connectivity index (χ1) is 13.8. The highest BCUT2D eigenvalue weighted by Crippen LogP contribution is 2.37. The second-order valence-electron chi connectivity index (χ2n) is 6.34. The zero-order chi connectivity index (χ0) is 20.6. The summed E-state index contributed by atoms with van der Waals surface area (Å²) in [6.45, 7) is 0.469. The molecule has 1 aliphatic rings. The third-order valence-corrected chi connectivity index (χ3v) is 5.84. The normalized spacial score (nSPS) is 12.6. The van der Waals surface area contributed by atoms with Crippen LogP contribution in [0.2, 0.25) is 0 Å². The van der Waals surface area contributed by atoms with Gasteiger partial charge in [0.25, 0.3) is 10.0 Å². The molecule has 0 unspecified atom stereocenters. The summed E-state index contributed by atoms with van der Waals surface area (Å²) in [5.74, 6) is -1.10. The van der Waals surface area contributed by atoms with Crippen molar-refractivity contribution in [2.75, 3.05) is 15.4 Å². The van der Waals surface area contributed by atoms with Crippen molar-refractivity contribution in [1.29, 1.82) is 0 Å². The summed E-state index contributed by atoms with van der Waals surface area (Å²) >= 11 is 0. The van der Waals surface area contributed by atoms with E-state index in [2.05, 4.69) is 15.4 Å². The number of rotatable bonds is 4. The summed E-state index contributed by atoms with van der Waals surface area (Å²) in [6, 6.07) is 15.1. The maximum absolute atomic E-state index is 13.6. The molecule has 0 bridgehead atoms. The third-order valence-electron chi connectivity index (χ3n) is 4.48. The Bertz CT molecular complexity index is 1230. The van der Waals surface area contributed by atoms with Gasteiger partial charge >= 0.3 is 5.69 Å². The molecule has 3 N–H and O–H groups in total. The Kier molecular flexibility index (Phi) is 4.55. The molecule has 0 atom stereocenters. The van der Waals surface area contributed by atoms with Crippen LogP contribution < -0.4 is 15.4 Å². The van der Waals surface area contributed by atoms with Crippen molar-refractivity contribution in [3.05, 3.63) is 82.2 Å². The van der Waals surface area contributed by atoms with E-state index in [1.807, 2.05) is 30.3 Å². The molecule has 0 aliphatic carbocycles. The van der Waals surface area contributed by atoms with Gasteiger partial charge in [-0.2, -0.15) is 4.39 Å². The molecule has 0 saturated heterocycles. The molecule has 0 fully saturated rings. The third kappa shape index (κ3) is 3.57. The maximum atomic E-state index is 13.6. The van der Waals surface area contributed by atoms with Crippen LogP contribution in [-0.4, -0.2) is 13.3 Å². The van der Waals surface area contributed by atoms with Crippen LogP contribution in [0.15, 0.2) is 65.6 Å². The SMILES string of the molecule is O=[N+]([O-])c1cc(S(=O)(=O)Nc2cccc3c2Nc2ccccc2NC3)ccc1F. The molecule has 0 aromatic heterocycles. The lowest BCUT2D eigenvalue weighted by molar-refractivity contribution is -0.387. The molecule has 3 aromatic rings. The Hall–Kier alpha value is -3.66. The fraction of sp³-hybridized carbons (Fsp3) is 0.0526. The molecule has 0 spiro atoms. The van der Waals surface area contributed by atoms with Crippen LogP contribution in [-0.2, 0) is 16.6 Å². The van der Waals surface area contributed by atoms with Gasteiger partial charge in [-0.15, -0.1) is 0 Å². The summed E-state index contributed by atoms with van der Waals surface area (Å²) in [5, 5.41) is 17.4. The number of nitrogens with zero attached hydrogens (tertiary/aromatic N) is 1. The number of anilines is 4. The second kappa shape index (κ2) is 7.06. The van der Waals surface area contributed by atoms with Crippen LogP contribution in [0.25, 0.3) is 0 Å². The van der Waals surface area contributed by atoms with Gasteiger partial charge in [-0.05, 0) is 35.9 Å². The minimum Gasteiger partial charge on any atom is -0.379 e. The number of hydrogen-bond donors (Lipinski definition) is 3.